The monoisotopic (exact) mass is 158 g/mol. The largest absolute Gasteiger partial charge is 0.297 e. The van der Waals surface area contributed by atoms with Gasteiger partial charge in [0, 0.05) is 4.92 Å². The minimum Gasteiger partial charge on any atom is -0.297 e. The lowest BCUT2D eigenvalue weighted by molar-refractivity contribution is -0.480. The van der Waals surface area contributed by atoms with Crippen LogP contribution in [0.5, 0.6) is 0 Å². The summed E-state index contributed by atoms with van der Waals surface area (Å²) in [6.45, 7) is 2.83. The van der Waals surface area contributed by atoms with Gasteiger partial charge in [-0.2, -0.15) is 0 Å². The van der Waals surface area contributed by atoms with Crippen molar-refractivity contribution in [2.75, 3.05) is 26.2 Å². The molecule has 1 rings (SSSR count). The number of hydrogen-bond acceptors (Lipinski definition) is 3. The Kier molecular flexibility index (Phi) is 3.29. The molecule has 0 aliphatic carbocycles. The second kappa shape index (κ2) is 4.28. The summed E-state index contributed by atoms with van der Waals surface area (Å²) in [7, 11) is 0. The molecule has 0 unspecified atom stereocenters. The number of likely N-dealkylation sites (tertiary alicyclic amines) is 1. The number of hydrogen-bond donors (Lipinski definition) is 0. The van der Waals surface area contributed by atoms with Crippen LogP contribution in [0.15, 0.2) is 0 Å². The molecule has 0 saturated carbocycles. The van der Waals surface area contributed by atoms with Crippen LogP contribution in [0.3, 0.4) is 0 Å². The van der Waals surface area contributed by atoms with Crippen molar-refractivity contribution in [1.82, 2.24) is 4.90 Å². The first-order valence-electron chi connectivity index (χ1n) is 4.13. The molecule has 0 aromatic carbocycles. The summed E-state index contributed by atoms with van der Waals surface area (Å²) in [6, 6.07) is 0. The number of nitro groups is 1. The normalized spacial score (nSPS) is 20.0. The molecule has 0 atom stereocenters. The summed E-state index contributed by atoms with van der Waals surface area (Å²) < 4.78 is 0. The summed E-state index contributed by atoms with van der Waals surface area (Å²) in [4.78, 5) is 12.0. The van der Waals surface area contributed by atoms with E-state index in [1.54, 1.807) is 0 Å². The van der Waals surface area contributed by atoms with Gasteiger partial charge in [-0.05, 0) is 25.9 Å². The van der Waals surface area contributed by atoms with E-state index < -0.39 is 0 Å². The fourth-order valence-corrected chi connectivity index (χ4v) is 1.41. The maximum absolute atomic E-state index is 10.0. The summed E-state index contributed by atoms with van der Waals surface area (Å²) in [5, 5.41) is 10.0. The Hall–Kier alpha value is -0.640. The molecule has 0 aromatic heterocycles. The van der Waals surface area contributed by atoms with E-state index in [-0.39, 0.29) is 11.5 Å². The Morgan fingerprint density at radius 2 is 1.91 bits per heavy atom. The van der Waals surface area contributed by atoms with Crippen molar-refractivity contribution in [3.63, 3.8) is 0 Å². The lowest BCUT2D eigenvalue weighted by Crippen LogP contribution is -2.33. The van der Waals surface area contributed by atoms with Crippen LogP contribution in [0, 0.1) is 10.1 Å². The van der Waals surface area contributed by atoms with E-state index in [4.69, 9.17) is 0 Å². The molecule has 1 aliphatic rings. The highest BCUT2D eigenvalue weighted by Gasteiger charge is 2.11. The fraction of sp³-hybridized carbons (Fsp3) is 1.00. The van der Waals surface area contributed by atoms with Crippen molar-refractivity contribution in [2.24, 2.45) is 0 Å². The molecule has 0 radical (unpaired) electrons. The van der Waals surface area contributed by atoms with Gasteiger partial charge in [0.25, 0.3) is 0 Å². The minimum absolute atomic E-state index is 0.0972. The van der Waals surface area contributed by atoms with E-state index in [1.807, 2.05) is 0 Å². The van der Waals surface area contributed by atoms with E-state index in [0.29, 0.717) is 6.54 Å². The molecule has 4 nitrogen and oxygen atoms in total. The molecule has 0 amide bonds. The first kappa shape index (κ1) is 8.46. The quantitative estimate of drug-likeness (QED) is 0.449. The first-order chi connectivity index (χ1) is 5.29. The standard InChI is InChI=1S/C7H14N2O2/c10-9(11)7-6-8-4-2-1-3-5-8/h1-7H2. The molecule has 1 aliphatic heterocycles. The highest BCUT2D eigenvalue weighted by atomic mass is 16.6. The maximum Gasteiger partial charge on any atom is 0.216 e. The lowest BCUT2D eigenvalue weighted by Gasteiger charge is -2.24. The highest BCUT2D eigenvalue weighted by Crippen LogP contribution is 2.07. The molecule has 11 heavy (non-hydrogen) atoms. The molecule has 4 heteroatoms. The Morgan fingerprint density at radius 1 is 1.27 bits per heavy atom. The van der Waals surface area contributed by atoms with Crippen LogP contribution in [-0.2, 0) is 0 Å². The smallest absolute Gasteiger partial charge is 0.216 e. The minimum atomic E-state index is -0.241. The van der Waals surface area contributed by atoms with Crippen LogP contribution >= 0.6 is 0 Å². The maximum atomic E-state index is 10.0. The van der Waals surface area contributed by atoms with E-state index in [1.165, 1.54) is 19.3 Å². The molecule has 1 heterocycles. The van der Waals surface area contributed by atoms with Crippen LogP contribution in [0.1, 0.15) is 19.3 Å². The van der Waals surface area contributed by atoms with E-state index in [2.05, 4.69) is 4.90 Å². The van der Waals surface area contributed by atoms with Gasteiger partial charge in [0.1, 0.15) is 0 Å². The van der Waals surface area contributed by atoms with Crippen molar-refractivity contribution in [3.05, 3.63) is 10.1 Å². The number of piperidine rings is 1. The molecule has 1 fully saturated rings. The van der Waals surface area contributed by atoms with Crippen molar-refractivity contribution >= 4 is 0 Å². The predicted molar refractivity (Wildman–Crippen MR) is 42.2 cm³/mol. The second-order valence-corrected chi connectivity index (χ2v) is 2.96. The van der Waals surface area contributed by atoms with Gasteiger partial charge in [-0.1, -0.05) is 6.42 Å². The van der Waals surface area contributed by atoms with Crippen molar-refractivity contribution < 1.29 is 4.92 Å². The molecular weight excluding hydrogens is 144 g/mol. The van der Waals surface area contributed by atoms with Crippen LogP contribution in [0.25, 0.3) is 0 Å². The third-order valence-corrected chi connectivity index (χ3v) is 2.05. The summed E-state index contributed by atoms with van der Waals surface area (Å²) in [5.41, 5.74) is 0. The van der Waals surface area contributed by atoms with Gasteiger partial charge in [-0.15, -0.1) is 0 Å². The van der Waals surface area contributed by atoms with Crippen molar-refractivity contribution in [2.45, 2.75) is 19.3 Å². The first-order valence-corrected chi connectivity index (χ1v) is 4.13. The second-order valence-electron chi connectivity index (χ2n) is 2.96. The van der Waals surface area contributed by atoms with Gasteiger partial charge in [-0.25, -0.2) is 0 Å². The molecule has 1 saturated heterocycles. The van der Waals surface area contributed by atoms with Gasteiger partial charge in [0.2, 0.25) is 6.54 Å². The third-order valence-electron chi connectivity index (χ3n) is 2.05. The van der Waals surface area contributed by atoms with Crippen LogP contribution < -0.4 is 0 Å². The Bertz CT molecular complexity index is 132. The summed E-state index contributed by atoms with van der Waals surface area (Å²) in [6.07, 6.45) is 3.70. The van der Waals surface area contributed by atoms with Crippen LogP contribution in [-0.4, -0.2) is 36.0 Å². The zero-order valence-corrected chi connectivity index (χ0v) is 6.66. The Balaban J connectivity index is 2.09. The third kappa shape index (κ3) is 3.32. The number of rotatable bonds is 3. The van der Waals surface area contributed by atoms with Crippen LogP contribution in [0.4, 0.5) is 0 Å². The van der Waals surface area contributed by atoms with Crippen molar-refractivity contribution in [3.8, 4) is 0 Å². The van der Waals surface area contributed by atoms with E-state index >= 15 is 0 Å². The lowest BCUT2D eigenvalue weighted by atomic mass is 10.1. The Labute approximate surface area is 66.3 Å². The molecule has 0 N–H and O–H groups in total. The average Bonchev–Trinajstić information content (AvgIpc) is 2.03. The average molecular weight is 158 g/mol. The van der Waals surface area contributed by atoms with E-state index in [0.717, 1.165) is 13.1 Å². The predicted octanol–water partition coefficient (Wildman–Crippen LogP) is 0.749. The van der Waals surface area contributed by atoms with Crippen LogP contribution in [0.2, 0.25) is 0 Å². The molecular formula is C7H14N2O2. The van der Waals surface area contributed by atoms with Gasteiger partial charge < -0.3 is 0 Å². The van der Waals surface area contributed by atoms with E-state index in [9.17, 15) is 10.1 Å². The van der Waals surface area contributed by atoms with Gasteiger partial charge >= 0.3 is 0 Å². The van der Waals surface area contributed by atoms with Gasteiger partial charge in [-0.3, -0.25) is 15.0 Å². The van der Waals surface area contributed by atoms with Crippen molar-refractivity contribution in [1.29, 1.82) is 0 Å². The fourth-order valence-electron chi connectivity index (χ4n) is 1.41. The zero-order chi connectivity index (χ0) is 8.10. The highest BCUT2D eigenvalue weighted by molar-refractivity contribution is 4.63. The SMILES string of the molecule is O=[N+]([O-])CCN1CCCCC1. The molecule has 64 valence electrons. The zero-order valence-electron chi connectivity index (χ0n) is 6.66. The molecule has 0 bridgehead atoms. The van der Waals surface area contributed by atoms with Gasteiger partial charge in [0.15, 0.2) is 0 Å². The summed E-state index contributed by atoms with van der Waals surface area (Å²) >= 11 is 0. The molecule has 0 spiro atoms. The molecule has 0 aromatic rings. The number of nitrogens with zero attached hydrogens (tertiary/aromatic N) is 2. The summed E-state index contributed by atoms with van der Waals surface area (Å²) in [5.74, 6) is 0. The topological polar surface area (TPSA) is 46.4 Å². The Morgan fingerprint density at radius 3 is 2.45 bits per heavy atom. The van der Waals surface area contributed by atoms with Gasteiger partial charge in [0.05, 0.1) is 6.54 Å².